The number of H-pyrrole nitrogens is 1. The van der Waals surface area contributed by atoms with Crippen LogP contribution < -0.4 is 20.3 Å². The molecule has 0 saturated heterocycles. The number of aromatic nitrogens is 1. The van der Waals surface area contributed by atoms with Crippen LogP contribution >= 0.6 is 12.2 Å². The van der Waals surface area contributed by atoms with Gasteiger partial charge in [0.05, 0.1) is 12.1 Å². The van der Waals surface area contributed by atoms with Gasteiger partial charge in [0, 0.05) is 43.3 Å². The van der Waals surface area contributed by atoms with E-state index in [1.54, 1.807) is 0 Å². The molecule has 9 heteroatoms. The molecule has 2 aromatic rings. The number of hydrogen-bond acceptors (Lipinski definition) is 6. The van der Waals surface area contributed by atoms with Crippen LogP contribution in [0.25, 0.3) is 10.9 Å². The highest BCUT2D eigenvalue weighted by Crippen LogP contribution is 2.35. The topological polar surface area (TPSA) is 79.1 Å². The number of aromatic amines is 1. The SMILES string of the molecule is CCOCCCNC(=S)N(CCCN(C)C)Cc1cc2cc3c(cc2[nH]c1=O)OCO3. The van der Waals surface area contributed by atoms with Gasteiger partial charge in [-0.15, -0.1) is 0 Å². The lowest BCUT2D eigenvalue weighted by Gasteiger charge is -2.26. The van der Waals surface area contributed by atoms with Crippen LogP contribution in [0, 0.1) is 0 Å². The van der Waals surface area contributed by atoms with Crippen LogP contribution in [0.4, 0.5) is 0 Å². The van der Waals surface area contributed by atoms with E-state index in [-0.39, 0.29) is 12.4 Å². The van der Waals surface area contributed by atoms with Gasteiger partial charge in [-0.25, -0.2) is 0 Å². The number of hydrogen-bond donors (Lipinski definition) is 2. The molecule has 0 spiro atoms. The summed E-state index contributed by atoms with van der Waals surface area (Å²) in [6.07, 6.45) is 1.82. The molecule has 1 aromatic carbocycles. The second kappa shape index (κ2) is 11.3. The van der Waals surface area contributed by atoms with E-state index in [0.717, 1.165) is 43.4 Å². The van der Waals surface area contributed by atoms with Gasteiger partial charge in [0.25, 0.3) is 5.56 Å². The van der Waals surface area contributed by atoms with Crippen LogP contribution in [0.3, 0.4) is 0 Å². The Balaban J connectivity index is 1.73. The quantitative estimate of drug-likeness (QED) is 0.401. The summed E-state index contributed by atoms with van der Waals surface area (Å²) in [5.41, 5.74) is 1.27. The fourth-order valence-electron chi connectivity index (χ4n) is 3.42. The third-order valence-electron chi connectivity index (χ3n) is 5.04. The van der Waals surface area contributed by atoms with Crippen molar-refractivity contribution in [1.29, 1.82) is 0 Å². The summed E-state index contributed by atoms with van der Waals surface area (Å²) >= 11 is 5.65. The van der Waals surface area contributed by atoms with Gasteiger partial charge in [0.2, 0.25) is 6.79 Å². The van der Waals surface area contributed by atoms with E-state index in [0.29, 0.717) is 41.9 Å². The van der Waals surface area contributed by atoms with Crippen molar-refractivity contribution in [1.82, 2.24) is 20.1 Å². The largest absolute Gasteiger partial charge is 0.454 e. The molecular formula is C22H32N4O4S. The number of pyridine rings is 1. The molecule has 2 N–H and O–H groups in total. The molecular weight excluding hydrogens is 416 g/mol. The van der Waals surface area contributed by atoms with Crippen LogP contribution in [0.15, 0.2) is 23.0 Å². The molecule has 0 atom stereocenters. The molecule has 170 valence electrons. The lowest BCUT2D eigenvalue weighted by molar-refractivity contribution is 0.145. The van der Waals surface area contributed by atoms with Crippen molar-refractivity contribution in [2.24, 2.45) is 0 Å². The first kappa shape index (κ1) is 23.3. The fourth-order valence-corrected chi connectivity index (χ4v) is 3.68. The molecule has 0 bridgehead atoms. The third-order valence-corrected chi connectivity index (χ3v) is 5.44. The molecule has 31 heavy (non-hydrogen) atoms. The van der Waals surface area contributed by atoms with Crippen LogP contribution in [-0.2, 0) is 11.3 Å². The van der Waals surface area contributed by atoms with Crippen molar-refractivity contribution in [3.05, 3.63) is 34.1 Å². The van der Waals surface area contributed by atoms with Crippen molar-refractivity contribution >= 4 is 28.2 Å². The van der Waals surface area contributed by atoms with Gasteiger partial charge >= 0.3 is 0 Å². The third kappa shape index (κ3) is 6.56. The molecule has 1 aliphatic heterocycles. The predicted octanol–water partition coefficient (Wildman–Crippen LogP) is 2.31. The highest BCUT2D eigenvalue weighted by molar-refractivity contribution is 7.80. The number of benzene rings is 1. The number of nitrogens with one attached hydrogen (secondary N) is 2. The summed E-state index contributed by atoms with van der Waals surface area (Å²) in [6.45, 7) is 6.48. The molecule has 1 aliphatic rings. The predicted molar refractivity (Wildman–Crippen MR) is 126 cm³/mol. The number of thiocarbonyl (C=S) groups is 1. The molecule has 2 heterocycles. The zero-order valence-corrected chi connectivity index (χ0v) is 19.3. The zero-order valence-electron chi connectivity index (χ0n) is 18.5. The molecule has 0 radical (unpaired) electrons. The van der Waals surface area contributed by atoms with E-state index in [4.69, 9.17) is 26.4 Å². The van der Waals surface area contributed by atoms with Gasteiger partial charge in [-0.3, -0.25) is 4.79 Å². The molecule has 1 aromatic heterocycles. The van der Waals surface area contributed by atoms with Crippen molar-refractivity contribution in [2.75, 3.05) is 53.7 Å². The first-order valence-electron chi connectivity index (χ1n) is 10.7. The Morgan fingerprint density at radius 1 is 1.19 bits per heavy atom. The summed E-state index contributed by atoms with van der Waals surface area (Å²) in [5, 5.41) is 4.86. The standard InChI is InChI=1S/C22H32N4O4S/c1-4-28-10-5-7-23-22(31)26(9-6-8-25(2)3)14-17-11-16-12-19-20(30-15-29-19)13-18(16)24-21(17)27/h11-13H,4-10,14-15H2,1-3H3,(H,23,31)(H,24,27). The van der Waals surface area contributed by atoms with Crippen LogP contribution in [-0.4, -0.2) is 73.6 Å². The van der Waals surface area contributed by atoms with Gasteiger partial charge in [-0.05, 0) is 64.8 Å². The average Bonchev–Trinajstić information content (AvgIpc) is 3.18. The van der Waals surface area contributed by atoms with Crippen molar-refractivity contribution < 1.29 is 14.2 Å². The smallest absolute Gasteiger partial charge is 0.253 e. The number of rotatable bonds is 11. The Bertz CT molecular complexity index is 947. The van der Waals surface area contributed by atoms with E-state index in [1.165, 1.54) is 0 Å². The first-order valence-corrected chi connectivity index (χ1v) is 11.1. The maximum absolute atomic E-state index is 12.8. The minimum absolute atomic E-state index is 0.122. The Labute approximate surface area is 188 Å². The van der Waals surface area contributed by atoms with Crippen LogP contribution in [0.2, 0.25) is 0 Å². The normalized spacial score (nSPS) is 12.5. The Morgan fingerprint density at radius 3 is 2.71 bits per heavy atom. The van der Waals surface area contributed by atoms with Crippen molar-refractivity contribution in [2.45, 2.75) is 26.3 Å². The molecule has 0 aliphatic carbocycles. The molecule has 0 fully saturated rings. The maximum atomic E-state index is 12.8. The van der Waals surface area contributed by atoms with Gasteiger partial charge in [-0.2, -0.15) is 0 Å². The summed E-state index contributed by atoms with van der Waals surface area (Å²) in [6, 6.07) is 5.62. The molecule has 8 nitrogen and oxygen atoms in total. The average molecular weight is 449 g/mol. The molecule has 0 unspecified atom stereocenters. The van der Waals surface area contributed by atoms with Gasteiger partial charge in [0.15, 0.2) is 16.6 Å². The molecule has 3 rings (SSSR count). The first-order chi connectivity index (χ1) is 15.0. The van der Waals surface area contributed by atoms with Crippen LogP contribution in [0.1, 0.15) is 25.3 Å². The minimum atomic E-state index is -0.122. The van der Waals surface area contributed by atoms with Crippen molar-refractivity contribution in [3.8, 4) is 11.5 Å². The van der Waals surface area contributed by atoms with Gasteiger partial charge < -0.3 is 34.3 Å². The highest BCUT2D eigenvalue weighted by atomic mass is 32.1. The molecule has 0 saturated carbocycles. The monoisotopic (exact) mass is 448 g/mol. The van der Waals surface area contributed by atoms with E-state index < -0.39 is 0 Å². The molecule has 0 amide bonds. The van der Waals surface area contributed by atoms with Crippen LogP contribution in [0.5, 0.6) is 11.5 Å². The van der Waals surface area contributed by atoms with E-state index in [2.05, 4.69) is 20.1 Å². The summed E-state index contributed by atoms with van der Waals surface area (Å²) in [7, 11) is 4.10. The maximum Gasteiger partial charge on any atom is 0.253 e. The van der Waals surface area contributed by atoms with Gasteiger partial charge in [-0.1, -0.05) is 0 Å². The van der Waals surface area contributed by atoms with Gasteiger partial charge in [0.1, 0.15) is 0 Å². The van der Waals surface area contributed by atoms with E-state index in [1.807, 2.05) is 39.2 Å². The summed E-state index contributed by atoms with van der Waals surface area (Å²) in [4.78, 5) is 19.9. The lowest BCUT2D eigenvalue weighted by atomic mass is 10.1. The van der Waals surface area contributed by atoms with Crippen molar-refractivity contribution in [3.63, 3.8) is 0 Å². The Morgan fingerprint density at radius 2 is 1.97 bits per heavy atom. The second-order valence-corrected chi connectivity index (χ2v) is 8.16. The lowest BCUT2D eigenvalue weighted by Crippen LogP contribution is -2.42. The fraction of sp³-hybridized carbons (Fsp3) is 0.545. The summed E-state index contributed by atoms with van der Waals surface area (Å²) < 4.78 is 16.3. The van der Waals surface area contributed by atoms with E-state index >= 15 is 0 Å². The minimum Gasteiger partial charge on any atom is -0.454 e. The summed E-state index contributed by atoms with van der Waals surface area (Å²) in [5.74, 6) is 1.35. The Kier molecular flexibility index (Phi) is 8.51. The highest BCUT2D eigenvalue weighted by Gasteiger charge is 2.17. The number of ether oxygens (including phenoxy) is 3. The van der Waals surface area contributed by atoms with E-state index in [9.17, 15) is 4.79 Å². The number of fused-ring (bicyclic) bond motifs is 2. The second-order valence-electron chi connectivity index (χ2n) is 7.78. The number of nitrogens with zero attached hydrogens (tertiary/aromatic N) is 2. The Hall–Kier alpha value is -2.36. The zero-order chi connectivity index (χ0) is 22.2.